The molecular formula is C21H30N4O2. The predicted octanol–water partition coefficient (Wildman–Crippen LogP) is 3.07. The zero-order chi connectivity index (χ0) is 19.1. The number of rotatable bonds is 10. The molecule has 1 aromatic carbocycles. The standard InChI is InChI=1S/C21H30N4O2/c1-3-11-24(12-4-2)13-7-10-22-20(26)15-25-21-17(14-23-25)16-27-19-9-6-5-8-18(19)21/h5-6,8-9,14H,3-4,7,10-13,15-16H2,1-2H3,(H,22,26). The zero-order valence-corrected chi connectivity index (χ0v) is 16.4. The Morgan fingerprint density at radius 3 is 2.78 bits per heavy atom. The summed E-state index contributed by atoms with van der Waals surface area (Å²) >= 11 is 0. The number of benzene rings is 1. The highest BCUT2D eigenvalue weighted by Gasteiger charge is 2.22. The summed E-state index contributed by atoms with van der Waals surface area (Å²) in [5, 5.41) is 7.44. The summed E-state index contributed by atoms with van der Waals surface area (Å²) in [6, 6.07) is 7.90. The van der Waals surface area contributed by atoms with Crippen molar-refractivity contribution in [1.29, 1.82) is 0 Å². The van der Waals surface area contributed by atoms with Gasteiger partial charge in [-0.3, -0.25) is 9.48 Å². The number of fused-ring (bicyclic) bond motifs is 3. The molecule has 1 aliphatic rings. The fourth-order valence-corrected chi connectivity index (χ4v) is 3.60. The first-order valence-corrected chi connectivity index (χ1v) is 9.98. The van der Waals surface area contributed by atoms with E-state index < -0.39 is 0 Å². The van der Waals surface area contributed by atoms with Gasteiger partial charge in [-0.25, -0.2) is 0 Å². The van der Waals surface area contributed by atoms with Crippen LogP contribution >= 0.6 is 0 Å². The monoisotopic (exact) mass is 370 g/mol. The number of hydrogen-bond acceptors (Lipinski definition) is 4. The lowest BCUT2D eigenvalue weighted by molar-refractivity contribution is -0.121. The molecule has 0 fully saturated rings. The van der Waals surface area contributed by atoms with E-state index in [1.807, 2.05) is 24.3 Å². The van der Waals surface area contributed by atoms with Gasteiger partial charge in [0.25, 0.3) is 0 Å². The number of amides is 1. The smallest absolute Gasteiger partial charge is 0.241 e. The van der Waals surface area contributed by atoms with Crippen molar-refractivity contribution in [2.75, 3.05) is 26.2 Å². The molecular weight excluding hydrogens is 340 g/mol. The number of aromatic nitrogens is 2. The van der Waals surface area contributed by atoms with Gasteiger partial charge >= 0.3 is 0 Å². The van der Waals surface area contributed by atoms with Crippen molar-refractivity contribution in [2.24, 2.45) is 0 Å². The van der Waals surface area contributed by atoms with Crippen LogP contribution in [-0.4, -0.2) is 46.8 Å². The third-order valence-corrected chi connectivity index (χ3v) is 4.79. The summed E-state index contributed by atoms with van der Waals surface area (Å²) < 4.78 is 7.54. The summed E-state index contributed by atoms with van der Waals surface area (Å²) in [5.41, 5.74) is 3.01. The molecule has 1 aromatic heterocycles. The van der Waals surface area contributed by atoms with Gasteiger partial charge in [-0.1, -0.05) is 26.0 Å². The number of para-hydroxylation sites is 1. The Morgan fingerprint density at radius 1 is 1.22 bits per heavy atom. The molecule has 0 spiro atoms. The Kier molecular flexibility index (Phi) is 6.87. The lowest BCUT2D eigenvalue weighted by Crippen LogP contribution is -2.33. The van der Waals surface area contributed by atoms with Gasteiger partial charge in [-0.15, -0.1) is 0 Å². The number of nitrogens with zero attached hydrogens (tertiary/aromatic N) is 3. The number of hydrogen-bond donors (Lipinski definition) is 1. The molecule has 1 N–H and O–H groups in total. The summed E-state index contributed by atoms with van der Waals surface area (Å²) in [6.45, 7) is 9.13. The highest BCUT2D eigenvalue weighted by molar-refractivity contribution is 5.78. The minimum absolute atomic E-state index is 0.00223. The summed E-state index contributed by atoms with van der Waals surface area (Å²) in [7, 11) is 0. The SMILES string of the molecule is CCCN(CCC)CCCNC(=O)Cn1ncc2c1-c1ccccc1OC2. The van der Waals surface area contributed by atoms with Crippen molar-refractivity contribution in [2.45, 2.75) is 46.3 Å². The van der Waals surface area contributed by atoms with Crippen LogP contribution in [0.3, 0.4) is 0 Å². The molecule has 2 heterocycles. The second-order valence-electron chi connectivity index (χ2n) is 7.01. The van der Waals surface area contributed by atoms with Crippen LogP contribution in [-0.2, 0) is 17.9 Å². The summed E-state index contributed by atoms with van der Waals surface area (Å²) in [5.74, 6) is 0.849. The third-order valence-electron chi connectivity index (χ3n) is 4.79. The van der Waals surface area contributed by atoms with Crippen LogP contribution in [0.4, 0.5) is 0 Å². The first-order valence-electron chi connectivity index (χ1n) is 9.98. The van der Waals surface area contributed by atoms with Gasteiger partial charge in [0.2, 0.25) is 5.91 Å². The van der Waals surface area contributed by atoms with Crippen molar-refractivity contribution >= 4 is 5.91 Å². The van der Waals surface area contributed by atoms with Gasteiger partial charge in [0.05, 0.1) is 11.9 Å². The summed E-state index contributed by atoms with van der Waals surface area (Å²) in [6.07, 6.45) is 5.11. The van der Waals surface area contributed by atoms with E-state index in [0.29, 0.717) is 13.2 Å². The first-order chi connectivity index (χ1) is 13.2. The van der Waals surface area contributed by atoms with Crippen LogP contribution in [0.1, 0.15) is 38.7 Å². The third kappa shape index (κ3) is 4.89. The molecule has 3 rings (SSSR count). The fraction of sp³-hybridized carbons (Fsp3) is 0.524. The van der Waals surface area contributed by atoms with Crippen LogP contribution in [0.2, 0.25) is 0 Å². The van der Waals surface area contributed by atoms with E-state index in [4.69, 9.17) is 4.74 Å². The van der Waals surface area contributed by atoms with Crippen molar-refractivity contribution < 1.29 is 9.53 Å². The number of ether oxygens (including phenoxy) is 1. The molecule has 0 saturated carbocycles. The molecule has 2 aromatic rings. The lowest BCUT2D eigenvalue weighted by atomic mass is 10.0. The van der Waals surface area contributed by atoms with E-state index >= 15 is 0 Å². The Balaban J connectivity index is 1.52. The molecule has 6 nitrogen and oxygen atoms in total. The van der Waals surface area contributed by atoms with E-state index in [1.54, 1.807) is 10.9 Å². The molecule has 1 amide bonds. The minimum Gasteiger partial charge on any atom is -0.488 e. The topological polar surface area (TPSA) is 59.4 Å². The van der Waals surface area contributed by atoms with Crippen LogP contribution in [0, 0.1) is 0 Å². The maximum Gasteiger partial charge on any atom is 0.241 e. The highest BCUT2D eigenvalue weighted by atomic mass is 16.5. The van der Waals surface area contributed by atoms with Crippen LogP contribution in [0.25, 0.3) is 11.3 Å². The van der Waals surface area contributed by atoms with Crippen molar-refractivity contribution in [3.05, 3.63) is 36.0 Å². The maximum atomic E-state index is 12.4. The molecule has 0 bridgehead atoms. The van der Waals surface area contributed by atoms with E-state index in [0.717, 1.165) is 48.6 Å². The van der Waals surface area contributed by atoms with Gasteiger partial charge in [0.1, 0.15) is 18.9 Å². The van der Waals surface area contributed by atoms with E-state index in [9.17, 15) is 4.79 Å². The second kappa shape index (κ2) is 9.55. The number of carbonyl (C=O) groups is 1. The molecule has 0 unspecified atom stereocenters. The van der Waals surface area contributed by atoms with E-state index in [1.165, 1.54) is 12.8 Å². The van der Waals surface area contributed by atoms with Crippen molar-refractivity contribution in [3.8, 4) is 17.0 Å². The number of nitrogens with one attached hydrogen (secondary N) is 1. The van der Waals surface area contributed by atoms with Crippen molar-refractivity contribution in [3.63, 3.8) is 0 Å². The Morgan fingerprint density at radius 2 is 2.00 bits per heavy atom. The molecule has 0 saturated heterocycles. The molecule has 0 radical (unpaired) electrons. The molecule has 0 aliphatic carbocycles. The predicted molar refractivity (Wildman–Crippen MR) is 107 cm³/mol. The molecule has 1 aliphatic heterocycles. The minimum atomic E-state index is 0.00223. The molecule has 6 heteroatoms. The van der Waals surface area contributed by atoms with Gasteiger partial charge in [0, 0.05) is 17.7 Å². The van der Waals surface area contributed by atoms with Crippen LogP contribution in [0.5, 0.6) is 5.75 Å². The first kappa shape index (κ1) is 19.4. The number of carbonyl (C=O) groups excluding carboxylic acids is 1. The molecule has 146 valence electrons. The van der Waals surface area contributed by atoms with Crippen LogP contribution < -0.4 is 10.1 Å². The van der Waals surface area contributed by atoms with Gasteiger partial charge in [-0.2, -0.15) is 5.10 Å². The fourth-order valence-electron chi connectivity index (χ4n) is 3.60. The average Bonchev–Trinajstić information content (AvgIpc) is 3.09. The average molecular weight is 370 g/mol. The van der Waals surface area contributed by atoms with Gasteiger partial charge in [-0.05, 0) is 51.0 Å². The van der Waals surface area contributed by atoms with Gasteiger partial charge < -0.3 is 15.0 Å². The molecule has 0 atom stereocenters. The molecule has 27 heavy (non-hydrogen) atoms. The highest BCUT2D eigenvalue weighted by Crippen LogP contribution is 2.36. The maximum absolute atomic E-state index is 12.4. The Hall–Kier alpha value is -2.34. The quantitative estimate of drug-likeness (QED) is 0.653. The lowest BCUT2D eigenvalue weighted by Gasteiger charge is -2.21. The summed E-state index contributed by atoms with van der Waals surface area (Å²) in [4.78, 5) is 14.9. The second-order valence-corrected chi connectivity index (χ2v) is 7.01. The van der Waals surface area contributed by atoms with E-state index in [-0.39, 0.29) is 12.5 Å². The largest absolute Gasteiger partial charge is 0.488 e. The Labute approximate surface area is 161 Å². The Bertz CT molecular complexity index is 750. The normalized spacial score (nSPS) is 12.4. The van der Waals surface area contributed by atoms with E-state index in [2.05, 4.69) is 29.2 Å². The van der Waals surface area contributed by atoms with Gasteiger partial charge in [0.15, 0.2) is 0 Å². The zero-order valence-electron chi connectivity index (χ0n) is 16.4. The van der Waals surface area contributed by atoms with Crippen molar-refractivity contribution in [1.82, 2.24) is 20.0 Å². The van der Waals surface area contributed by atoms with Crippen LogP contribution in [0.15, 0.2) is 30.5 Å².